The molecular weight excluding hydrogens is 269 g/mol. The summed E-state index contributed by atoms with van der Waals surface area (Å²) in [7, 11) is 0. The second-order valence-electron chi connectivity index (χ2n) is 4.71. The number of carbonyl (C=O) groups is 1. The third-order valence-corrected chi connectivity index (χ3v) is 3.56. The molecule has 0 aromatic heterocycles. The van der Waals surface area contributed by atoms with E-state index in [2.05, 4.69) is 0 Å². The highest BCUT2D eigenvalue weighted by molar-refractivity contribution is 5.82. The van der Waals surface area contributed by atoms with Crippen molar-refractivity contribution in [2.75, 3.05) is 13.1 Å². The van der Waals surface area contributed by atoms with Crippen LogP contribution < -0.4 is 5.73 Å². The monoisotopic (exact) mass is 284 g/mol. The van der Waals surface area contributed by atoms with Crippen LogP contribution in [0.3, 0.4) is 0 Å². The first-order valence-electron chi connectivity index (χ1n) is 5.86. The Morgan fingerprint density at radius 3 is 2.53 bits per heavy atom. The Bertz CT molecular complexity index is 365. The molecule has 0 aromatic rings. The molecule has 0 bridgehead atoms. The van der Waals surface area contributed by atoms with Crippen molar-refractivity contribution in [3.63, 3.8) is 0 Å². The molecule has 4 N–H and O–H groups in total. The fraction of sp³-hybridized carbons (Fsp3) is 0.900. The van der Waals surface area contributed by atoms with Gasteiger partial charge in [-0.05, 0) is 6.42 Å². The van der Waals surface area contributed by atoms with Crippen LogP contribution in [-0.4, -0.2) is 70.7 Å². The van der Waals surface area contributed by atoms with Crippen LogP contribution in [0.4, 0.5) is 13.2 Å². The number of fused-ring (bicyclic) bond motifs is 1. The van der Waals surface area contributed by atoms with Crippen molar-refractivity contribution in [3.05, 3.63) is 0 Å². The standard InChI is InChI=1S/C10H15F3N2O4/c11-10(12,13)9(18)15-2-1-4-6(15)8(17)7(16)5(3-14)19-4/h4-8,16-17H,1-3,14H2/t4-,5?,6+,7?,8?/m0/s1. The van der Waals surface area contributed by atoms with E-state index in [1.165, 1.54) is 0 Å². The largest absolute Gasteiger partial charge is 0.471 e. The van der Waals surface area contributed by atoms with E-state index in [1.54, 1.807) is 0 Å². The third kappa shape index (κ3) is 2.42. The highest BCUT2D eigenvalue weighted by Gasteiger charge is 2.55. The highest BCUT2D eigenvalue weighted by atomic mass is 19.4. The van der Waals surface area contributed by atoms with Gasteiger partial charge < -0.3 is 25.6 Å². The van der Waals surface area contributed by atoms with E-state index in [4.69, 9.17) is 10.5 Å². The molecule has 2 aliphatic heterocycles. The molecule has 2 saturated heterocycles. The van der Waals surface area contributed by atoms with Crippen LogP contribution in [0.1, 0.15) is 6.42 Å². The number of aliphatic hydroxyl groups is 2. The van der Waals surface area contributed by atoms with Gasteiger partial charge in [0.15, 0.2) is 0 Å². The molecule has 0 radical (unpaired) electrons. The van der Waals surface area contributed by atoms with Gasteiger partial charge in [0.1, 0.15) is 12.2 Å². The molecule has 2 rings (SSSR count). The Morgan fingerprint density at radius 2 is 2.00 bits per heavy atom. The van der Waals surface area contributed by atoms with Gasteiger partial charge >= 0.3 is 12.1 Å². The van der Waals surface area contributed by atoms with Crippen LogP contribution in [0.25, 0.3) is 0 Å². The second kappa shape index (κ2) is 4.89. The molecule has 19 heavy (non-hydrogen) atoms. The van der Waals surface area contributed by atoms with Crippen LogP contribution in [0.15, 0.2) is 0 Å². The zero-order valence-corrected chi connectivity index (χ0v) is 9.88. The van der Waals surface area contributed by atoms with Crippen LogP contribution in [0.2, 0.25) is 0 Å². The third-order valence-electron chi connectivity index (χ3n) is 3.56. The summed E-state index contributed by atoms with van der Waals surface area (Å²) in [5.74, 6) is -2.03. The van der Waals surface area contributed by atoms with Gasteiger partial charge in [0.25, 0.3) is 0 Å². The summed E-state index contributed by atoms with van der Waals surface area (Å²) < 4.78 is 42.6. The van der Waals surface area contributed by atoms with Crippen LogP contribution in [0, 0.1) is 0 Å². The second-order valence-corrected chi connectivity index (χ2v) is 4.71. The van der Waals surface area contributed by atoms with Gasteiger partial charge in [-0.15, -0.1) is 0 Å². The SMILES string of the molecule is NCC1O[C@H]2CCN(C(=O)C(F)(F)F)[C@H]2C(O)C1O. The van der Waals surface area contributed by atoms with Gasteiger partial charge in [-0.3, -0.25) is 4.79 Å². The van der Waals surface area contributed by atoms with Crippen molar-refractivity contribution in [1.82, 2.24) is 4.90 Å². The minimum absolute atomic E-state index is 0.0608. The molecule has 9 heteroatoms. The molecule has 5 atom stereocenters. The molecular formula is C10H15F3N2O4. The molecule has 0 aliphatic carbocycles. The first-order valence-corrected chi connectivity index (χ1v) is 5.86. The zero-order chi connectivity index (χ0) is 14.4. The summed E-state index contributed by atoms with van der Waals surface area (Å²) in [6, 6.07) is -1.19. The van der Waals surface area contributed by atoms with Gasteiger partial charge in [-0.25, -0.2) is 0 Å². The number of aliphatic hydroxyl groups excluding tert-OH is 2. The number of carbonyl (C=O) groups excluding carboxylic acids is 1. The summed E-state index contributed by atoms with van der Waals surface area (Å²) in [4.78, 5) is 11.8. The minimum Gasteiger partial charge on any atom is -0.388 e. The Morgan fingerprint density at radius 1 is 1.37 bits per heavy atom. The molecule has 0 aromatic carbocycles. The summed E-state index contributed by atoms with van der Waals surface area (Å²) >= 11 is 0. The van der Waals surface area contributed by atoms with Crippen molar-refractivity contribution in [3.8, 4) is 0 Å². The molecule has 3 unspecified atom stereocenters. The predicted molar refractivity (Wildman–Crippen MR) is 55.9 cm³/mol. The normalized spacial score (nSPS) is 39.3. The van der Waals surface area contributed by atoms with Crippen molar-refractivity contribution in [2.24, 2.45) is 5.73 Å². The average Bonchev–Trinajstić information content (AvgIpc) is 2.75. The number of ether oxygens (including phenoxy) is 1. The molecule has 110 valence electrons. The number of amides is 1. The number of hydrogen-bond donors (Lipinski definition) is 3. The van der Waals surface area contributed by atoms with E-state index in [0.717, 1.165) is 0 Å². The van der Waals surface area contributed by atoms with E-state index in [9.17, 15) is 28.2 Å². The van der Waals surface area contributed by atoms with E-state index in [0.29, 0.717) is 4.90 Å². The Kier molecular flexibility index (Phi) is 3.74. The average molecular weight is 284 g/mol. The number of alkyl halides is 3. The quantitative estimate of drug-likeness (QED) is 0.550. The first kappa shape index (κ1) is 14.5. The summed E-state index contributed by atoms with van der Waals surface area (Å²) in [5, 5.41) is 19.6. The van der Waals surface area contributed by atoms with E-state index >= 15 is 0 Å². The van der Waals surface area contributed by atoms with Crippen molar-refractivity contribution in [1.29, 1.82) is 0 Å². The fourth-order valence-corrected chi connectivity index (χ4v) is 2.66. The molecule has 2 fully saturated rings. The number of likely N-dealkylation sites (tertiary alicyclic amines) is 1. The van der Waals surface area contributed by atoms with Crippen molar-refractivity contribution in [2.45, 2.75) is 43.1 Å². The maximum absolute atomic E-state index is 12.4. The Hall–Kier alpha value is -0.900. The van der Waals surface area contributed by atoms with Crippen molar-refractivity contribution < 1.29 is 32.9 Å². The molecule has 0 spiro atoms. The molecule has 6 nitrogen and oxygen atoms in total. The lowest BCUT2D eigenvalue weighted by Gasteiger charge is -2.42. The summed E-state index contributed by atoms with van der Waals surface area (Å²) in [5.41, 5.74) is 5.35. The zero-order valence-electron chi connectivity index (χ0n) is 9.88. The predicted octanol–water partition coefficient (Wildman–Crippen LogP) is -1.40. The van der Waals surface area contributed by atoms with Gasteiger partial charge in [0.05, 0.1) is 18.2 Å². The van der Waals surface area contributed by atoms with Gasteiger partial charge in [-0.1, -0.05) is 0 Å². The number of nitrogens with zero attached hydrogens (tertiary/aromatic N) is 1. The Balaban J connectivity index is 2.19. The topological polar surface area (TPSA) is 96.0 Å². The first-order chi connectivity index (χ1) is 8.77. The maximum atomic E-state index is 12.4. The van der Waals surface area contributed by atoms with E-state index in [1.807, 2.05) is 0 Å². The lowest BCUT2D eigenvalue weighted by molar-refractivity contribution is -0.207. The number of nitrogens with two attached hydrogens (primary N) is 1. The van der Waals surface area contributed by atoms with E-state index in [-0.39, 0.29) is 19.5 Å². The van der Waals surface area contributed by atoms with Crippen LogP contribution in [0.5, 0.6) is 0 Å². The lowest BCUT2D eigenvalue weighted by Crippen LogP contribution is -2.63. The van der Waals surface area contributed by atoms with Crippen molar-refractivity contribution >= 4 is 5.91 Å². The maximum Gasteiger partial charge on any atom is 0.471 e. The summed E-state index contributed by atoms with van der Waals surface area (Å²) in [6.45, 7) is -0.233. The fourth-order valence-electron chi connectivity index (χ4n) is 2.66. The lowest BCUT2D eigenvalue weighted by atomic mass is 9.93. The van der Waals surface area contributed by atoms with Gasteiger partial charge in [0, 0.05) is 13.1 Å². The molecule has 2 heterocycles. The number of rotatable bonds is 1. The molecule has 0 saturated carbocycles. The Labute approximate surface area is 106 Å². The van der Waals surface area contributed by atoms with Crippen LogP contribution in [-0.2, 0) is 9.53 Å². The molecule has 2 aliphatic rings. The van der Waals surface area contributed by atoms with Gasteiger partial charge in [-0.2, -0.15) is 13.2 Å². The number of halogens is 3. The smallest absolute Gasteiger partial charge is 0.388 e. The van der Waals surface area contributed by atoms with Crippen LogP contribution >= 0.6 is 0 Å². The minimum atomic E-state index is -5.01. The molecule has 1 amide bonds. The summed E-state index contributed by atoms with van der Waals surface area (Å²) in [6.07, 6.45) is -9.32. The highest BCUT2D eigenvalue weighted by Crippen LogP contribution is 2.34. The van der Waals surface area contributed by atoms with Gasteiger partial charge in [0.2, 0.25) is 0 Å². The number of hydrogen-bond acceptors (Lipinski definition) is 5. The van der Waals surface area contributed by atoms with E-state index < -0.39 is 42.5 Å².